The van der Waals surface area contributed by atoms with Crippen molar-refractivity contribution in [2.45, 2.75) is 6.92 Å². The summed E-state index contributed by atoms with van der Waals surface area (Å²) in [6.45, 7) is 2.03. The van der Waals surface area contributed by atoms with E-state index in [9.17, 15) is 4.79 Å². The maximum atomic E-state index is 11.3. The molecular formula is C12H15NO2. The van der Waals surface area contributed by atoms with Gasteiger partial charge in [-0.05, 0) is 18.6 Å². The summed E-state index contributed by atoms with van der Waals surface area (Å²) in [6, 6.07) is 7.94. The minimum atomic E-state index is -0.182. The Labute approximate surface area is 89.9 Å². The summed E-state index contributed by atoms with van der Waals surface area (Å²) in [7, 11) is 3.03. The highest BCUT2D eigenvalue weighted by Crippen LogP contribution is 2.05. The molecule has 15 heavy (non-hydrogen) atoms. The minimum absolute atomic E-state index is 0.182. The number of carbonyl (C=O) groups is 1. The molecular weight excluding hydrogens is 190 g/mol. The number of benzene rings is 1. The third kappa shape index (κ3) is 3.56. The second-order valence-corrected chi connectivity index (χ2v) is 3.26. The van der Waals surface area contributed by atoms with E-state index in [-0.39, 0.29) is 5.91 Å². The molecule has 0 N–H and O–H groups in total. The van der Waals surface area contributed by atoms with Crippen molar-refractivity contribution < 1.29 is 9.63 Å². The molecule has 1 aromatic carbocycles. The van der Waals surface area contributed by atoms with Gasteiger partial charge in [0.1, 0.15) is 0 Å². The summed E-state index contributed by atoms with van der Waals surface area (Å²) >= 11 is 0. The molecule has 0 fully saturated rings. The van der Waals surface area contributed by atoms with E-state index in [2.05, 4.69) is 0 Å². The van der Waals surface area contributed by atoms with Crippen LogP contribution >= 0.6 is 0 Å². The van der Waals surface area contributed by atoms with Gasteiger partial charge in [-0.25, -0.2) is 5.06 Å². The van der Waals surface area contributed by atoms with Crippen LogP contribution in [-0.4, -0.2) is 25.1 Å². The van der Waals surface area contributed by atoms with Crippen molar-refractivity contribution in [3.8, 4) is 0 Å². The lowest BCUT2D eigenvalue weighted by molar-refractivity contribution is -0.162. The predicted molar refractivity (Wildman–Crippen MR) is 60.0 cm³/mol. The standard InChI is InChI=1S/C12H15NO2/c1-10-4-6-11(7-5-10)8-9-12(14)13(2)15-3/h4-9H,1-3H3/b9-8+. The number of hydroxylamine groups is 2. The molecule has 0 radical (unpaired) electrons. The fourth-order valence-corrected chi connectivity index (χ4v) is 1.04. The van der Waals surface area contributed by atoms with E-state index in [1.54, 1.807) is 13.1 Å². The zero-order valence-corrected chi connectivity index (χ0v) is 9.23. The van der Waals surface area contributed by atoms with Crippen LogP contribution in [0.15, 0.2) is 30.3 Å². The van der Waals surface area contributed by atoms with E-state index in [0.29, 0.717) is 0 Å². The number of hydrogen-bond acceptors (Lipinski definition) is 2. The average molecular weight is 205 g/mol. The van der Waals surface area contributed by atoms with Gasteiger partial charge in [0.25, 0.3) is 5.91 Å². The summed E-state index contributed by atoms with van der Waals surface area (Å²) in [5, 5.41) is 1.17. The number of nitrogens with zero attached hydrogens (tertiary/aromatic N) is 1. The zero-order valence-electron chi connectivity index (χ0n) is 9.23. The summed E-state index contributed by atoms with van der Waals surface area (Å²) < 4.78 is 0. The van der Waals surface area contributed by atoms with Crippen molar-refractivity contribution >= 4 is 12.0 Å². The van der Waals surface area contributed by atoms with Crippen molar-refractivity contribution in [1.29, 1.82) is 0 Å². The van der Waals surface area contributed by atoms with Crippen LogP contribution in [0.3, 0.4) is 0 Å². The topological polar surface area (TPSA) is 29.5 Å². The van der Waals surface area contributed by atoms with Crippen LogP contribution in [-0.2, 0) is 9.63 Å². The van der Waals surface area contributed by atoms with E-state index in [1.807, 2.05) is 31.2 Å². The molecule has 0 unspecified atom stereocenters. The van der Waals surface area contributed by atoms with Gasteiger partial charge in [0.15, 0.2) is 0 Å². The normalized spacial score (nSPS) is 10.6. The molecule has 1 rings (SSSR count). The van der Waals surface area contributed by atoms with E-state index in [4.69, 9.17) is 4.84 Å². The summed E-state index contributed by atoms with van der Waals surface area (Å²) in [5.74, 6) is -0.182. The molecule has 0 aromatic heterocycles. The van der Waals surface area contributed by atoms with Crippen molar-refractivity contribution in [1.82, 2.24) is 5.06 Å². The first kappa shape index (κ1) is 11.5. The maximum absolute atomic E-state index is 11.3. The van der Waals surface area contributed by atoms with Gasteiger partial charge in [0.2, 0.25) is 0 Å². The Morgan fingerprint density at radius 3 is 2.47 bits per heavy atom. The lowest BCUT2D eigenvalue weighted by Gasteiger charge is -2.09. The largest absolute Gasteiger partial charge is 0.274 e. The van der Waals surface area contributed by atoms with E-state index < -0.39 is 0 Å². The van der Waals surface area contributed by atoms with Crippen molar-refractivity contribution in [2.24, 2.45) is 0 Å². The molecule has 3 nitrogen and oxygen atoms in total. The van der Waals surface area contributed by atoms with Crippen molar-refractivity contribution in [3.63, 3.8) is 0 Å². The Balaban J connectivity index is 2.65. The SMILES string of the molecule is CON(C)C(=O)/C=C/c1ccc(C)cc1. The molecule has 3 heteroatoms. The van der Waals surface area contributed by atoms with Crippen LogP contribution in [0.4, 0.5) is 0 Å². The van der Waals surface area contributed by atoms with Crippen molar-refractivity contribution in [3.05, 3.63) is 41.5 Å². The smallest absolute Gasteiger partial charge is 0.269 e. The quantitative estimate of drug-likeness (QED) is 0.558. The first-order valence-corrected chi connectivity index (χ1v) is 4.70. The highest BCUT2D eigenvalue weighted by Gasteiger charge is 2.01. The average Bonchev–Trinajstić information content (AvgIpc) is 2.26. The number of carbonyl (C=O) groups excluding carboxylic acids is 1. The van der Waals surface area contributed by atoms with Gasteiger partial charge >= 0.3 is 0 Å². The maximum Gasteiger partial charge on any atom is 0.269 e. The van der Waals surface area contributed by atoms with Crippen molar-refractivity contribution in [2.75, 3.05) is 14.2 Å². The van der Waals surface area contributed by atoms with Crippen LogP contribution in [0, 0.1) is 6.92 Å². The van der Waals surface area contributed by atoms with Gasteiger partial charge in [-0.1, -0.05) is 29.8 Å². The van der Waals surface area contributed by atoms with Crippen LogP contribution < -0.4 is 0 Å². The number of rotatable bonds is 3. The molecule has 0 atom stereocenters. The molecule has 0 heterocycles. The highest BCUT2D eigenvalue weighted by molar-refractivity contribution is 5.90. The second kappa shape index (κ2) is 5.32. The third-order valence-electron chi connectivity index (χ3n) is 2.08. The van der Waals surface area contributed by atoms with E-state index in [1.165, 1.54) is 23.8 Å². The second-order valence-electron chi connectivity index (χ2n) is 3.26. The fraction of sp³-hybridized carbons (Fsp3) is 0.250. The van der Waals surface area contributed by atoms with Gasteiger partial charge in [-0.15, -0.1) is 0 Å². The highest BCUT2D eigenvalue weighted by atomic mass is 16.7. The summed E-state index contributed by atoms with van der Waals surface area (Å²) in [5.41, 5.74) is 2.20. The number of hydrogen-bond donors (Lipinski definition) is 0. The first-order chi connectivity index (χ1) is 7.13. The molecule has 0 spiro atoms. The van der Waals surface area contributed by atoms with E-state index in [0.717, 1.165) is 5.56 Å². The number of aryl methyl sites for hydroxylation is 1. The monoisotopic (exact) mass is 205 g/mol. The molecule has 0 aliphatic rings. The number of amides is 1. The van der Waals surface area contributed by atoms with Gasteiger partial charge in [0, 0.05) is 13.1 Å². The first-order valence-electron chi connectivity index (χ1n) is 4.70. The predicted octanol–water partition coefficient (Wildman–Crippen LogP) is 2.03. The molecule has 1 amide bonds. The van der Waals surface area contributed by atoms with Gasteiger partial charge < -0.3 is 0 Å². The summed E-state index contributed by atoms with van der Waals surface area (Å²) in [6.07, 6.45) is 3.24. The van der Waals surface area contributed by atoms with Gasteiger partial charge in [0.05, 0.1) is 7.11 Å². The molecule has 0 saturated carbocycles. The lowest BCUT2D eigenvalue weighted by Crippen LogP contribution is -2.22. The molecule has 0 aliphatic carbocycles. The molecule has 0 saturated heterocycles. The number of likely N-dealkylation sites (N-methyl/N-ethyl adjacent to an activating group) is 1. The lowest BCUT2D eigenvalue weighted by atomic mass is 10.1. The van der Waals surface area contributed by atoms with Crippen LogP contribution in [0.25, 0.3) is 6.08 Å². The minimum Gasteiger partial charge on any atom is -0.274 e. The Bertz CT molecular complexity index is 354. The zero-order chi connectivity index (χ0) is 11.3. The van der Waals surface area contributed by atoms with E-state index >= 15 is 0 Å². The Morgan fingerprint density at radius 1 is 1.33 bits per heavy atom. The van der Waals surface area contributed by atoms with Crippen LogP contribution in [0.2, 0.25) is 0 Å². The third-order valence-corrected chi connectivity index (χ3v) is 2.08. The van der Waals surface area contributed by atoms with Gasteiger partial charge in [-0.2, -0.15) is 0 Å². The van der Waals surface area contributed by atoms with Crippen LogP contribution in [0.1, 0.15) is 11.1 Å². The molecule has 1 aromatic rings. The molecule has 0 bridgehead atoms. The fourth-order valence-electron chi connectivity index (χ4n) is 1.04. The van der Waals surface area contributed by atoms with Crippen LogP contribution in [0.5, 0.6) is 0 Å². The summed E-state index contributed by atoms with van der Waals surface area (Å²) in [4.78, 5) is 16.1. The Hall–Kier alpha value is -1.61. The van der Waals surface area contributed by atoms with Gasteiger partial charge in [-0.3, -0.25) is 9.63 Å². The Morgan fingerprint density at radius 2 is 1.93 bits per heavy atom. The molecule has 0 aliphatic heterocycles. The molecule has 80 valence electrons. The Kier molecular flexibility index (Phi) is 4.06.